The van der Waals surface area contributed by atoms with E-state index in [1.807, 2.05) is 13.8 Å². The Morgan fingerprint density at radius 3 is 2.68 bits per heavy atom. The van der Waals surface area contributed by atoms with Gasteiger partial charge >= 0.3 is 5.97 Å². The molecular weight excluding hydrogens is 308 g/mol. The molecule has 22 heavy (non-hydrogen) atoms. The van der Waals surface area contributed by atoms with Crippen LogP contribution in [0, 0.1) is 0 Å². The van der Waals surface area contributed by atoms with E-state index in [2.05, 4.69) is 15.0 Å². The Morgan fingerprint density at radius 1 is 1.41 bits per heavy atom. The van der Waals surface area contributed by atoms with Gasteiger partial charge in [0.05, 0.1) is 18.7 Å². The van der Waals surface area contributed by atoms with E-state index in [0.717, 1.165) is 0 Å². The van der Waals surface area contributed by atoms with Crippen LogP contribution in [0.15, 0.2) is 18.2 Å². The van der Waals surface area contributed by atoms with E-state index < -0.39 is 12.1 Å². The third-order valence-corrected chi connectivity index (χ3v) is 3.29. The fraction of sp³-hybridized carbons (Fsp3) is 0.400. The summed E-state index contributed by atoms with van der Waals surface area (Å²) in [6.07, 6.45) is -0.739. The molecule has 1 atom stereocenters. The van der Waals surface area contributed by atoms with Gasteiger partial charge < -0.3 is 25.3 Å². The number of phenolic OH excluding ortho intramolecular Hbond substituents is 1. The zero-order valence-corrected chi connectivity index (χ0v) is 13.5. The number of aromatic hydroxyl groups is 1. The highest BCUT2D eigenvalue weighted by molar-refractivity contribution is 5.98. The van der Waals surface area contributed by atoms with Crippen LogP contribution in [0.1, 0.15) is 36.0 Å². The van der Waals surface area contributed by atoms with Crippen LogP contribution in [0.5, 0.6) is 5.75 Å². The number of hydrogen-bond donors (Lipinski definition) is 4. The molecule has 1 heterocycles. The first-order valence-electron chi connectivity index (χ1n) is 6.78. The molecule has 0 aliphatic heterocycles. The number of aromatic amines is 1. The van der Waals surface area contributed by atoms with Crippen molar-refractivity contribution >= 4 is 29.3 Å². The summed E-state index contributed by atoms with van der Waals surface area (Å²) < 4.78 is 4.66. The zero-order valence-electron chi connectivity index (χ0n) is 12.7. The number of esters is 1. The average molecular weight is 329 g/mol. The van der Waals surface area contributed by atoms with Crippen molar-refractivity contribution in [2.75, 3.05) is 13.7 Å². The lowest BCUT2D eigenvalue weighted by Crippen LogP contribution is -2.27. The number of aliphatic hydroxyl groups is 1. The molecule has 0 spiro atoms. The molecule has 0 amide bonds. The molecule has 0 radical (unpaired) electrons. The smallest absolute Gasteiger partial charge is 0.354 e. The highest BCUT2D eigenvalue weighted by Gasteiger charge is 2.18. The molecule has 0 aliphatic carbocycles. The summed E-state index contributed by atoms with van der Waals surface area (Å²) in [5.74, 6) is -0.501. The van der Waals surface area contributed by atoms with Crippen molar-refractivity contribution in [3.8, 4) is 5.75 Å². The topological polar surface area (TPSA) is 94.6 Å². The summed E-state index contributed by atoms with van der Waals surface area (Å²) in [4.78, 5) is 14.4. The minimum absolute atomic E-state index is 0. The molecule has 1 unspecified atom stereocenters. The first-order chi connectivity index (χ1) is 9.93. The standard InChI is InChI=1S/C15H20N2O4.ClH/c1-8(2)16-7-13(19)9-4-5-12(18)14-10(9)6-11(17-14)15(20)21-3;/h4-6,8,13,16-19H,7H2,1-3H3;1H. The minimum atomic E-state index is -0.739. The van der Waals surface area contributed by atoms with Crippen LogP contribution >= 0.6 is 12.4 Å². The van der Waals surface area contributed by atoms with Crippen molar-refractivity contribution in [3.05, 3.63) is 29.5 Å². The van der Waals surface area contributed by atoms with Crippen LogP contribution in [0.3, 0.4) is 0 Å². The Bertz CT molecular complexity index is 654. The van der Waals surface area contributed by atoms with Gasteiger partial charge in [0.25, 0.3) is 0 Å². The van der Waals surface area contributed by atoms with Gasteiger partial charge in [0.15, 0.2) is 0 Å². The number of fused-ring (bicyclic) bond motifs is 1. The van der Waals surface area contributed by atoms with Gasteiger partial charge in [0.1, 0.15) is 11.4 Å². The molecule has 0 aliphatic rings. The van der Waals surface area contributed by atoms with E-state index in [1.54, 1.807) is 12.1 Å². The number of hydrogen-bond acceptors (Lipinski definition) is 5. The predicted molar refractivity (Wildman–Crippen MR) is 86.6 cm³/mol. The number of H-pyrrole nitrogens is 1. The van der Waals surface area contributed by atoms with Gasteiger partial charge in [-0.15, -0.1) is 12.4 Å². The van der Waals surface area contributed by atoms with Gasteiger partial charge in [-0.2, -0.15) is 0 Å². The summed E-state index contributed by atoms with van der Waals surface area (Å²) in [5.41, 5.74) is 1.29. The second kappa shape index (κ2) is 7.49. The molecule has 1 aromatic carbocycles. The number of aromatic nitrogens is 1. The van der Waals surface area contributed by atoms with E-state index in [0.29, 0.717) is 23.0 Å². The number of ether oxygens (including phenoxy) is 1. The second-order valence-electron chi connectivity index (χ2n) is 5.22. The number of methoxy groups -OCH3 is 1. The number of carbonyl (C=O) groups excluding carboxylic acids is 1. The molecule has 2 aromatic rings. The van der Waals surface area contributed by atoms with Crippen molar-refractivity contribution in [3.63, 3.8) is 0 Å². The van der Waals surface area contributed by atoms with E-state index in [1.165, 1.54) is 13.2 Å². The highest BCUT2D eigenvalue weighted by atomic mass is 35.5. The Kier molecular flexibility index (Phi) is 6.22. The van der Waals surface area contributed by atoms with Crippen LogP contribution < -0.4 is 5.32 Å². The maximum absolute atomic E-state index is 11.6. The monoisotopic (exact) mass is 328 g/mol. The number of carbonyl (C=O) groups is 1. The highest BCUT2D eigenvalue weighted by Crippen LogP contribution is 2.31. The Balaban J connectivity index is 0.00000242. The molecule has 0 fully saturated rings. The minimum Gasteiger partial charge on any atom is -0.506 e. The number of phenols is 1. The van der Waals surface area contributed by atoms with Crippen molar-refractivity contribution in [1.29, 1.82) is 0 Å². The third-order valence-electron chi connectivity index (χ3n) is 3.29. The molecule has 6 nitrogen and oxygen atoms in total. The summed E-state index contributed by atoms with van der Waals surface area (Å²) in [6.45, 7) is 4.37. The summed E-state index contributed by atoms with van der Waals surface area (Å²) in [5, 5.41) is 23.9. The molecule has 0 bridgehead atoms. The number of halogens is 1. The van der Waals surface area contributed by atoms with Crippen molar-refractivity contribution in [1.82, 2.24) is 10.3 Å². The molecule has 7 heteroatoms. The molecule has 2 rings (SSSR count). The van der Waals surface area contributed by atoms with Crippen LogP contribution in [0.4, 0.5) is 0 Å². The van der Waals surface area contributed by atoms with Crippen LogP contribution in [-0.2, 0) is 4.74 Å². The van der Waals surface area contributed by atoms with Gasteiger partial charge in [0.2, 0.25) is 0 Å². The molecular formula is C15H21ClN2O4. The Labute approximate surface area is 134 Å². The summed E-state index contributed by atoms with van der Waals surface area (Å²) in [7, 11) is 1.29. The van der Waals surface area contributed by atoms with Gasteiger partial charge in [-0.1, -0.05) is 19.9 Å². The Hall–Kier alpha value is -1.76. The summed E-state index contributed by atoms with van der Waals surface area (Å²) >= 11 is 0. The van der Waals surface area contributed by atoms with Crippen LogP contribution in [0.25, 0.3) is 10.9 Å². The van der Waals surface area contributed by atoms with Gasteiger partial charge in [-0.25, -0.2) is 4.79 Å². The van der Waals surface area contributed by atoms with Crippen LogP contribution in [-0.4, -0.2) is 40.9 Å². The maximum atomic E-state index is 11.6. The van der Waals surface area contributed by atoms with Crippen molar-refractivity contribution in [2.24, 2.45) is 0 Å². The lowest BCUT2D eigenvalue weighted by Gasteiger charge is -2.15. The summed E-state index contributed by atoms with van der Waals surface area (Å²) in [6, 6.07) is 4.98. The van der Waals surface area contributed by atoms with E-state index in [9.17, 15) is 15.0 Å². The average Bonchev–Trinajstić information content (AvgIpc) is 2.90. The number of benzene rings is 1. The lowest BCUT2D eigenvalue weighted by molar-refractivity contribution is 0.0595. The van der Waals surface area contributed by atoms with Crippen molar-refractivity contribution < 1.29 is 19.7 Å². The lowest BCUT2D eigenvalue weighted by atomic mass is 10.0. The maximum Gasteiger partial charge on any atom is 0.354 e. The van der Waals surface area contributed by atoms with Crippen LogP contribution in [0.2, 0.25) is 0 Å². The van der Waals surface area contributed by atoms with E-state index in [4.69, 9.17) is 0 Å². The normalized spacial score (nSPS) is 12.2. The van der Waals surface area contributed by atoms with Crippen molar-refractivity contribution in [2.45, 2.75) is 26.0 Å². The third kappa shape index (κ3) is 3.71. The van der Waals surface area contributed by atoms with Gasteiger partial charge in [-0.05, 0) is 17.7 Å². The Morgan fingerprint density at radius 2 is 2.09 bits per heavy atom. The number of rotatable bonds is 5. The molecule has 0 saturated heterocycles. The molecule has 1 aromatic heterocycles. The van der Waals surface area contributed by atoms with E-state index >= 15 is 0 Å². The first kappa shape index (κ1) is 18.3. The van der Waals surface area contributed by atoms with E-state index in [-0.39, 0.29) is 29.9 Å². The number of aliphatic hydroxyl groups excluding tert-OH is 1. The fourth-order valence-electron chi connectivity index (χ4n) is 2.19. The molecule has 0 saturated carbocycles. The van der Waals surface area contributed by atoms with Gasteiger partial charge in [0, 0.05) is 18.0 Å². The second-order valence-corrected chi connectivity index (χ2v) is 5.22. The molecule has 4 N–H and O–H groups in total. The fourth-order valence-corrected chi connectivity index (χ4v) is 2.19. The predicted octanol–water partition coefficient (Wildman–Crippen LogP) is 2.11. The SMILES string of the molecule is COC(=O)c1cc2c(C(O)CNC(C)C)ccc(O)c2[nH]1.Cl. The first-order valence-corrected chi connectivity index (χ1v) is 6.78. The largest absolute Gasteiger partial charge is 0.506 e. The van der Waals surface area contributed by atoms with Gasteiger partial charge in [-0.3, -0.25) is 0 Å². The molecule has 122 valence electrons. The quantitative estimate of drug-likeness (QED) is 0.631. The number of nitrogens with one attached hydrogen (secondary N) is 2. The zero-order chi connectivity index (χ0) is 15.6.